The average molecular weight is 566 g/mol. The Morgan fingerprint density at radius 2 is 1.81 bits per heavy atom. The summed E-state index contributed by atoms with van der Waals surface area (Å²) in [7, 11) is 1.98. The van der Waals surface area contributed by atoms with Gasteiger partial charge in [-0.1, -0.05) is 22.9 Å². The minimum atomic E-state index is -0.0212. The van der Waals surface area contributed by atoms with E-state index in [-0.39, 0.29) is 17.2 Å². The van der Waals surface area contributed by atoms with Crippen LogP contribution in [0, 0.1) is 18.3 Å². The number of piperidine rings is 2. The summed E-state index contributed by atoms with van der Waals surface area (Å²) in [5.74, 6) is 2.09. The number of anilines is 2. The van der Waals surface area contributed by atoms with Gasteiger partial charge in [0.2, 0.25) is 17.7 Å². The largest absolute Gasteiger partial charge is 0.416 e. The van der Waals surface area contributed by atoms with Crippen LogP contribution in [0.15, 0.2) is 39.4 Å². The third-order valence-electron chi connectivity index (χ3n) is 8.34. The summed E-state index contributed by atoms with van der Waals surface area (Å²) in [6, 6.07) is 8.24. The molecular weight excluding hydrogens is 532 g/mol. The molecule has 194 valence electrons. The molecule has 1 amide bonds. The van der Waals surface area contributed by atoms with Gasteiger partial charge in [0.25, 0.3) is 0 Å². The number of aryl methyl sites for hydroxylation is 1. The molecule has 4 aliphatic heterocycles. The van der Waals surface area contributed by atoms with Gasteiger partial charge in [0, 0.05) is 56.0 Å². The molecule has 1 atom stereocenters. The van der Waals surface area contributed by atoms with Crippen molar-refractivity contribution >= 4 is 33.3 Å². The van der Waals surface area contributed by atoms with E-state index in [0.717, 1.165) is 84.5 Å². The van der Waals surface area contributed by atoms with E-state index in [1.807, 2.05) is 43.3 Å². The lowest BCUT2D eigenvalue weighted by atomic mass is 9.79. The molecular formula is C28H33BrN6O2. The molecule has 2 fully saturated rings. The zero-order valence-corrected chi connectivity index (χ0v) is 23.3. The van der Waals surface area contributed by atoms with E-state index in [4.69, 9.17) is 9.40 Å². The summed E-state index contributed by atoms with van der Waals surface area (Å²) in [5, 5.41) is 8.92. The number of aromatic nitrogens is 3. The summed E-state index contributed by atoms with van der Waals surface area (Å²) in [6.45, 7) is 8.49. The lowest BCUT2D eigenvalue weighted by molar-refractivity contribution is -0.136. The summed E-state index contributed by atoms with van der Waals surface area (Å²) in [4.78, 5) is 24.9. The molecule has 4 aliphatic rings. The highest BCUT2D eigenvalue weighted by atomic mass is 79.9. The third-order valence-corrected chi connectivity index (χ3v) is 8.83. The normalized spacial score (nSPS) is 24.1. The second-order valence-corrected chi connectivity index (χ2v) is 12.1. The smallest absolute Gasteiger partial charge is 0.250 e. The van der Waals surface area contributed by atoms with Crippen LogP contribution in [0.2, 0.25) is 0 Å². The maximum absolute atomic E-state index is 13.6. The Morgan fingerprint density at radius 1 is 1.05 bits per heavy atom. The number of carbonyl (C=O) groups excluding carboxylic acids is 1. The molecule has 0 saturated carbocycles. The minimum absolute atomic E-state index is 0.0212. The van der Waals surface area contributed by atoms with Crippen molar-refractivity contribution in [2.75, 3.05) is 49.6 Å². The number of amides is 1. The van der Waals surface area contributed by atoms with Gasteiger partial charge in [-0.15, -0.1) is 10.2 Å². The van der Waals surface area contributed by atoms with Crippen molar-refractivity contribution in [3.05, 3.63) is 40.5 Å². The summed E-state index contributed by atoms with van der Waals surface area (Å²) < 4.78 is 7.32. The first-order chi connectivity index (χ1) is 17.8. The van der Waals surface area contributed by atoms with Crippen LogP contribution in [0.25, 0.3) is 22.9 Å². The van der Waals surface area contributed by atoms with Crippen LogP contribution in [0.5, 0.6) is 0 Å². The second kappa shape index (κ2) is 9.42. The highest BCUT2D eigenvalue weighted by molar-refractivity contribution is 9.10. The monoisotopic (exact) mass is 564 g/mol. The number of benzene rings is 1. The van der Waals surface area contributed by atoms with E-state index in [0.29, 0.717) is 18.3 Å². The molecule has 0 radical (unpaired) electrons. The number of carbonyl (C=O) groups is 1. The van der Waals surface area contributed by atoms with Crippen LogP contribution in [0.1, 0.15) is 38.2 Å². The second-order valence-electron chi connectivity index (χ2n) is 11.2. The maximum Gasteiger partial charge on any atom is 0.250 e. The Kier molecular flexibility index (Phi) is 6.21. The van der Waals surface area contributed by atoms with Crippen LogP contribution in [-0.4, -0.2) is 65.8 Å². The molecule has 1 aromatic carbocycles. The van der Waals surface area contributed by atoms with E-state index < -0.39 is 0 Å². The number of hydrogen-bond acceptors (Lipinski definition) is 7. The Balaban J connectivity index is 1.46. The summed E-state index contributed by atoms with van der Waals surface area (Å²) in [5.41, 5.74) is 3.96. The van der Waals surface area contributed by atoms with Gasteiger partial charge in [-0.2, -0.15) is 0 Å². The van der Waals surface area contributed by atoms with Gasteiger partial charge < -0.3 is 19.1 Å². The predicted molar refractivity (Wildman–Crippen MR) is 148 cm³/mol. The van der Waals surface area contributed by atoms with Crippen LogP contribution in [0.4, 0.5) is 11.5 Å². The molecule has 8 nitrogen and oxygen atoms in total. The Morgan fingerprint density at radius 3 is 2.59 bits per heavy atom. The Labute approximate surface area is 226 Å². The van der Waals surface area contributed by atoms with Gasteiger partial charge >= 0.3 is 0 Å². The zero-order valence-electron chi connectivity index (χ0n) is 21.7. The number of rotatable bonds is 0. The first-order valence-electron chi connectivity index (χ1n) is 13.1. The van der Waals surface area contributed by atoms with Crippen molar-refractivity contribution in [3.8, 4) is 22.9 Å². The molecule has 0 N–H and O–H groups in total. The van der Waals surface area contributed by atoms with Gasteiger partial charge in [0.15, 0.2) is 0 Å². The van der Waals surface area contributed by atoms with Crippen LogP contribution in [-0.2, 0) is 4.79 Å². The lowest BCUT2D eigenvalue weighted by Crippen LogP contribution is -2.49. The van der Waals surface area contributed by atoms with Crippen molar-refractivity contribution in [2.24, 2.45) is 11.3 Å². The standard InChI is InChI=1S/C28H33BrN6O2/c1-18-15-30-24-14-22(18)26-32-31-25(37-26)21-7-6-20(29)13-23(21)34-11-8-28(2,9-12-34)17-33(3)27(36)19-5-4-10-35(24)16-19/h6-7,13-15,19H,4-5,8-12,16-17H2,1-3H3. The summed E-state index contributed by atoms with van der Waals surface area (Å²) in [6.07, 6.45) is 5.77. The van der Waals surface area contributed by atoms with Crippen LogP contribution >= 0.6 is 15.9 Å². The molecule has 6 heterocycles. The molecule has 0 spiro atoms. The van der Waals surface area contributed by atoms with E-state index in [1.165, 1.54) is 0 Å². The van der Waals surface area contributed by atoms with Crippen LogP contribution in [0.3, 0.4) is 0 Å². The van der Waals surface area contributed by atoms with Gasteiger partial charge in [0.05, 0.1) is 17.2 Å². The highest BCUT2D eigenvalue weighted by Gasteiger charge is 2.36. The van der Waals surface area contributed by atoms with Crippen molar-refractivity contribution in [1.82, 2.24) is 20.1 Å². The SMILES string of the molecule is Cc1cnc2cc1-c1nnc(o1)-c1ccc(Br)cc1N1CCC(C)(CC1)CN(C)C(=O)C1CCCN2C1. The molecule has 1 unspecified atom stereocenters. The molecule has 8 bridgehead atoms. The van der Waals surface area contributed by atoms with Gasteiger partial charge in [0.1, 0.15) is 5.82 Å². The fourth-order valence-electron chi connectivity index (χ4n) is 6.10. The van der Waals surface area contributed by atoms with Gasteiger partial charge in [-0.3, -0.25) is 4.79 Å². The van der Waals surface area contributed by atoms with E-state index in [9.17, 15) is 4.79 Å². The van der Waals surface area contributed by atoms with E-state index in [1.54, 1.807) is 0 Å². The first kappa shape index (κ1) is 24.4. The van der Waals surface area contributed by atoms with E-state index in [2.05, 4.69) is 48.9 Å². The molecule has 0 aliphatic carbocycles. The number of halogens is 1. The van der Waals surface area contributed by atoms with Crippen molar-refractivity contribution in [3.63, 3.8) is 0 Å². The fourth-order valence-corrected chi connectivity index (χ4v) is 6.45. The topological polar surface area (TPSA) is 78.6 Å². The number of fused-ring (bicyclic) bond motifs is 4. The minimum Gasteiger partial charge on any atom is -0.416 e. The quantitative estimate of drug-likeness (QED) is 0.373. The van der Waals surface area contributed by atoms with Crippen molar-refractivity contribution in [1.29, 1.82) is 0 Å². The number of pyridine rings is 1. The maximum atomic E-state index is 13.6. The number of hydrogen-bond donors (Lipinski definition) is 0. The van der Waals surface area contributed by atoms with E-state index >= 15 is 0 Å². The Bertz CT molecular complexity index is 1330. The van der Waals surface area contributed by atoms with Crippen LogP contribution < -0.4 is 9.80 Å². The van der Waals surface area contributed by atoms with Gasteiger partial charge in [-0.05, 0) is 67.9 Å². The van der Waals surface area contributed by atoms with Gasteiger partial charge in [-0.25, -0.2) is 4.98 Å². The molecule has 2 aromatic heterocycles. The Hall–Kier alpha value is -2.94. The third kappa shape index (κ3) is 4.62. The molecule has 9 heteroatoms. The zero-order chi connectivity index (χ0) is 25.7. The first-order valence-corrected chi connectivity index (χ1v) is 13.9. The molecule has 3 aromatic rings. The molecule has 7 rings (SSSR count). The average Bonchev–Trinajstić information content (AvgIpc) is 3.38. The fraction of sp³-hybridized carbons (Fsp3) is 0.500. The molecule has 37 heavy (non-hydrogen) atoms. The number of nitrogens with zero attached hydrogens (tertiary/aromatic N) is 6. The molecule has 2 saturated heterocycles. The van der Waals surface area contributed by atoms with Crippen molar-refractivity contribution < 1.29 is 9.21 Å². The lowest BCUT2D eigenvalue weighted by Gasteiger charge is -2.43. The predicted octanol–water partition coefficient (Wildman–Crippen LogP) is 5.16. The van der Waals surface area contributed by atoms with Crippen molar-refractivity contribution in [2.45, 2.75) is 39.5 Å². The highest BCUT2D eigenvalue weighted by Crippen LogP contribution is 2.40. The summed E-state index contributed by atoms with van der Waals surface area (Å²) >= 11 is 3.65.